The van der Waals surface area contributed by atoms with Crippen LogP contribution in [0.1, 0.15) is 35.6 Å². The molecule has 1 heterocycles. The highest BCUT2D eigenvalue weighted by molar-refractivity contribution is 5.91. The molecule has 0 aliphatic heterocycles. The number of carbonyl (C=O) groups excluding carboxylic acids is 1. The summed E-state index contributed by atoms with van der Waals surface area (Å²) in [7, 11) is 0. The van der Waals surface area contributed by atoms with Gasteiger partial charge in [0.2, 0.25) is 5.91 Å². The number of carbonyl (C=O) groups is 1. The van der Waals surface area contributed by atoms with Crippen molar-refractivity contribution in [2.75, 3.05) is 5.32 Å². The van der Waals surface area contributed by atoms with Crippen molar-refractivity contribution in [1.82, 2.24) is 10.2 Å². The third kappa shape index (κ3) is 2.88. The molecular weight excluding hydrogens is 252 g/mol. The van der Waals surface area contributed by atoms with Crippen LogP contribution in [0.5, 0.6) is 0 Å². The van der Waals surface area contributed by atoms with Gasteiger partial charge in [-0.05, 0) is 24.0 Å². The molecule has 0 unspecified atom stereocenters. The molecule has 1 saturated carbocycles. The van der Waals surface area contributed by atoms with E-state index in [4.69, 9.17) is 5.73 Å². The van der Waals surface area contributed by atoms with Gasteiger partial charge in [0.15, 0.2) is 5.82 Å². The fraction of sp³-hybridized carbons (Fsp3) is 0.333. The Balaban J connectivity index is 1.63. The molecule has 2 aromatic rings. The average molecular weight is 270 g/mol. The predicted octanol–water partition coefficient (Wildman–Crippen LogP) is 1.93. The van der Waals surface area contributed by atoms with E-state index in [0.717, 1.165) is 16.8 Å². The van der Waals surface area contributed by atoms with Crippen molar-refractivity contribution in [1.29, 1.82) is 0 Å². The van der Waals surface area contributed by atoms with Gasteiger partial charge in [0.05, 0.1) is 6.42 Å². The van der Waals surface area contributed by atoms with E-state index in [1.54, 1.807) is 0 Å². The Kier molecular flexibility index (Phi) is 3.52. The molecule has 1 aromatic heterocycles. The van der Waals surface area contributed by atoms with Crippen LogP contribution < -0.4 is 11.1 Å². The van der Waals surface area contributed by atoms with Gasteiger partial charge in [-0.1, -0.05) is 24.3 Å². The molecule has 0 bridgehead atoms. The Morgan fingerprint density at radius 2 is 2.10 bits per heavy atom. The maximum Gasteiger partial charge on any atom is 0.230 e. The second-order valence-electron chi connectivity index (χ2n) is 5.18. The molecule has 0 spiro atoms. The van der Waals surface area contributed by atoms with E-state index in [1.807, 2.05) is 30.3 Å². The van der Waals surface area contributed by atoms with E-state index in [1.165, 1.54) is 12.8 Å². The van der Waals surface area contributed by atoms with Crippen LogP contribution in [0.25, 0.3) is 0 Å². The monoisotopic (exact) mass is 270 g/mol. The molecular formula is C15H18N4O. The Morgan fingerprint density at radius 3 is 2.80 bits per heavy atom. The van der Waals surface area contributed by atoms with Crippen LogP contribution in [-0.4, -0.2) is 16.1 Å². The molecule has 20 heavy (non-hydrogen) atoms. The second-order valence-corrected chi connectivity index (χ2v) is 5.18. The van der Waals surface area contributed by atoms with Crippen molar-refractivity contribution in [3.63, 3.8) is 0 Å². The van der Waals surface area contributed by atoms with Crippen LogP contribution in [0.2, 0.25) is 0 Å². The second kappa shape index (κ2) is 5.46. The number of H-pyrrole nitrogens is 1. The number of nitrogens with zero attached hydrogens (tertiary/aromatic N) is 1. The van der Waals surface area contributed by atoms with Gasteiger partial charge in [0, 0.05) is 24.2 Å². The third-order valence-corrected chi connectivity index (χ3v) is 3.57. The number of hydrogen-bond acceptors (Lipinski definition) is 3. The first-order valence-corrected chi connectivity index (χ1v) is 6.88. The van der Waals surface area contributed by atoms with Gasteiger partial charge in [-0.15, -0.1) is 0 Å². The number of hydrogen-bond donors (Lipinski definition) is 3. The fourth-order valence-electron chi connectivity index (χ4n) is 2.29. The summed E-state index contributed by atoms with van der Waals surface area (Å²) in [6, 6.07) is 9.65. The zero-order valence-electron chi connectivity index (χ0n) is 11.2. The minimum Gasteiger partial charge on any atom is -0.326 e. The smallest absolute Gasteiger partial charge is 0.230 e. The summed E-state index contributed by atoms with van der Waals surface area (Å²) in [6.45, 7) is 0.442. The van der Waals surface area contributed by atoms with Crippen molar-refractivity contribution >= 4 is 11.7 Å². The number of amides is 1. The summed E-state index contributed by atoms with van der Waals surface area (Å²) in [5, 5.41) is 9.92. The molecule has 1 aromatic carbocycles. The van der Waals surface area contributed by atoms with Gasteiger partial charge < -0.3 is 11.1 Å². The summed E-state index contributed by atoms with van der Waals surface area (Å²) in [5.74, 6) is 1.13. The Morgan fingerprint density at radius 1 is 1.35 bits per heavy atom. The quantitative estimate of drug-likeness (QED) is 0.776. The van der Waals surface area contributed by atoms with E-state index in [-0.39, 0.29) is 5.91 Å². The molecule has 0 saturated heterocycles. The number of rotatable bonds is 5. The first-order valence-electron chi connectivity index (χ1n) is 6.88. The summed E-state index contributed by atoms with van der Waals surface area (Å²) in [5.41, 5.74) is 8.75. The predicted molar refractivity (Wildman–Crippen MR) is 77.2 cm³/mol. The third-order valence-electron chi connectivity index (χ3n) is 3.57. The molecule has 1 aliphatic carbocycles. The SMILES string of the molecule is NCc1ccccc1CC(=O)Nc1cc(C2CC2)[nH]n1. The zero-order valence-corrected chi connectivity index (χ0v) is 11.2. The number of nitrogens with one attached hydrogen (secondary N) is 2. The maximum absolute atomic E-state index is 12.0. The Labute approximate surface area is 117 Å². The van der Waals surface area contributed by atoms with Crippen LogP contribution in [0.4, 0.5) is 5.82 Å². The van der Waals surface area contributed by atoms with Gasteiger partial charge >= 0.3 is 0 Å². The highest BCUT2D eigenvalue weighted by Crippen LogP contribution is 2.39. The van der Waals surface area contributed by atoms with E-state index < -0.39 is 0 Å². The van der Waals surface area contributed by atoms with E-state index in [2.05, 4.69) is 15.5 Å². The van der Waals surface area contributed by atoms with Crippen LogP contribution in [0.3, 0.4) is 0 Å². The Hall–Kier alpha value is -2.14. The van der Waals surface area contributed by atoms with Crippen molar-refractivity contribution in [3.8, 4) is 0 Å². The largest absolute Gasteiger partial charge is 0.326 e. The number of aromatic nitrogens is 2. The summed E-state index contributed by atoms with van der Waals surface area (Å²) >= 11 is 0. The number of benzene rings is 1. The first kappa shape index (κ1) is 12.9. The summed E-state index contributed by atoms with van der Waals surface area (Å²) in [4.78, 5) is 12.0. The molecule has 5 nitrogen and oxygen atoms in total. The standard InChI is InChI=1S/C15H18N4O/c16-9-12-4-2-1-3-11(12)7-15(20)17-14-8-13(18-19-14)10-5-6-10/h1-4,8,10H,5-7,9,16H2,(H2,17,18,19,20). The van der Waals surface area contributed by atoms with E-state index in [0.29, 0.717) is 24.7 Å². The topological polar surface area (TPSA) is 83.8 Å². The summed E-state index contributed by atoms with van der Waals surface area (Å²) < 4.78 is 0. The molecule has 104 valence electrons. The number of anilines is 1. The molecule has 5 heteroatoms. The van der Waals surface area contributed by atoms with Crippen molar-refractivity contribution in [2.24, 2.45) is 5.73 Å². The van der Waals surface area contributed by atoms with Gasteiger partial charge in [0.1, 0.15) is 0 Å². The lowest BCUT2D eigenvalue weighted by molar-refractivity contribution is -0.115. The molecule has 0 atom stereocenters. The lowest BCUT2D eigenvalue weighted by Crippen LogP contribution is -2.16. The maximum atomic E-state index is 12.0. The van der Waals surface area contributed by atoms with Gasteiger partial charge in [-0.25, -0.2) is 0 Å². The molecule has 0 radical (unpaired) electrons. The van der Waals surface area contributed by atoms with E-state index in [9.17, 15) is 4.79 Å². The highest BCUT2D eigenvalue weighted by Gasteiger charge is 2.25. The molecule has 4 N–H and O–H groups in total. The van der Waals surface area contributed by atoms with Crippen molar-refractivity contribution in [2.45, 2.75) is 31.7 Å². The van der Waals surface area contributed by atoms with Crippen molar-refractivity contribution < 1.29 is 4.79 Å². The normalized spacial score (nSPS) is 14.2. The zero-order chi connectivity index (χ0) is 13.9. The highest BCUT2D eigenvalue weighted by atomic mass is 16.1. The minimum atomic E-state index is -0.0697. The van der Waals surface area contributed by atoms with Gasteiger partial charge in [0.25, 0.3) is 0 Å². The molecule has 1 fully saturated rings. The molecule has 1 amide bonds. The van der Waals surface area contributed by atoms with Crippen LogP contribution in [0.15, 0.2) is 30.3 Å². The lowest BCUT2D eigenvalue weighted by atomic mass is 10.0. The van der Waals surface area contributed by atoms with Gasteiger partial charge in [-0.3, -0.25) is 9.89 Å². The lowest BCUT2D eigenvalue weighted by Gasteiger charge is -2.06. The Bertz CT molecular complexity index is 616. The minimum absolute atomic E-state index is 0.0697. The van der Waals surface area contributed by atoms with Crippen LogP contribution in [-0.2, 0) is 17.8 Å². The number of aromatic amines is 1. The molecule has 1 aliphatic rings. The number of nitrogens with two attached hydrogens (primary N) is 1. The average Bonchev–Trinajstić information content (AvgIpc) is 3.20. The van der Waals surface area contributed by atoms with Crippen molar-refractivity contribution in [3.05, 3.63) is 47.2 Å². The fourth-order valence-corrected chi connectivity index (χ4v) is 2.29. The van der Waals surface area contributed by atoms with Gasteiger partial charge in [-0.2, -0.15) is 5.10 Å². The van der Waals surface area contributed by atoms with Crippen LogP contribution in [0, 0.1) is 0 Å². The van der Waals surface area contributed by atoms with Crippen LogP contribution >= 0.6 is 0 Å². The summed E-state index contributed by atoms with van der Waals surface area (Å²) in [6.07, 6.45) is 2.73. The molecule has 3 rings (SSSR count). The van der Waals surface area contributed by atoms with E-state index >= 15 is 0 Å². The first-order chi connectivity index (χ1) is 9.76.